The van der Waals surface area contributed by atoms with Crippen molar-refractivity contribution in [3.05, 3.63) is 11.6 Å². The van der Waals surface area contributed by atoms with E-state index in [1.54, 1.807) is 0 Å². The molecule has 3 fully saturated rings. The molecule has 34 heavy (non-hydrogen) atoms. The summed E-state index contributed by atoms with van der Waals surface area (Å²) in [7, 11) is -4.62. The Balaban J connectivity index is 1.40. The van der Waals surface area contributed by atoms with Crippen molar-refractivity contribution in [2.75, 3.05) is 6.61 Å². The summed E-state index contributed by atoms with van der Waals surface area (Å²) < 4.78 is 36.5. The minimum absolute atomic E-state index is 0.00120. The highest BCUT2D eigenvalue weighted by Crippen LogP contribution is 2.66. The van der Waals surface area contributed by atoms with Crippen molar-refractivity contribution in [1.82, 2.24) is 0 Å². The lowest BCUT2D eigenvalue weighted by Gasteiger charge is -2.57. The van der Waals surface area contributed by atoms with Crippen LogP contribution in [0.5, 0.6) is 0 Å². The zero-order valence-corrected chi connectivity index (χ0v) is 22.1. The van der Waals surface area contributed by atoms with Gasteiger partial charge in [-0.2, -0.15) is 0 Å². The molecular formula is C27H43O6S-. The Labute approximate surface area is 205 Å². The number of ketones is 1. The number of hydrogen-bond donors (Lipinski definition) is 1. The molecule has 0 heterocycles. The fourth-order valence-corrected chi connectivity index (χ4v) is 8.99. The summed E-state index contributed by atoms with van der Waals surface area (Å²) >= 11 is 0. The first kappa shape index (κ1) is 26.3. The van der Waals surface area contributed by atoms with Crippen LogP contribution in [0.3, 0.4) is 0 Å². The SMILES string of the molecule is CC(CCC[C@@H](C)[C@H]1CC[C@H]2C3=CC(=O)[C@H]4C[C@H](O)CC[C@]4(C)[C@H]3CC[C@]12C)COS(=O)(=O)[O-]. The van der Waals surface area contributed by atoms with Crippen LogP contribution in [0.2, 0.25) is 0 Å². The summed E-state index contributed by atoms with van der Waals surface area (Å²) in [6.45, 7) is 9.02. The zero-order chi connectivity index (χ0) is 24.9. The topological polar surface area (TPSA) is 104 Å². The number of fused-ring (bicyclic) bond motifs is 5. The molecular weight excluding hydrogens is 452 g/mol. The lowest BCUT2D eigenvalue weighted by Crippen LogP contribution is -2.52. The minimum Gasteiger partial charge on any atom is -0.726 e. The maximum absolute atomic E-state index is 13.2. The largest absolute Gasteiger partial charge is 0.726 e. The van der Waals surface area contributed by atoms with E-state index in [1.807, 2.05) is 13.0 Å². The number of aliphatic hydroxyl groups is 1. The lowest BCUT2D eigenvalue weighted by atomic mass is 9.47. The minimum atomic E-state index is -4.62. The Morgan fingerprint density at radius 3 is 2.44 bits per heavy atom. The van der Waals surface area contributed by atoms with Crippen LogP contribution in [0.15, 0.2) is 11.6 Å². The molecule has 0 spiro atoms. The molecule has 0 aromatic carbocycles. The molecule has 0 radical (unpaired) electrons. The fourth-order valence-electron chi connectivity index (χ4n) is 8.59. The highest BCUT2D eigenvalue weighted by atomic mass is 32.3. The Morgan fingerprint density at radius 2 is 1.74 bits per heavy atom. The van der Waals surface area contributed by atoms with Crippen LogP contribution in [0.1, 0.15) is 91.9 Å². The van der Waals surface area contributed by atoms with Gasteiger partial charge in [-0.05, 0) is 97.9 Å². The van der Waals surface area contributed by atoms with Crippen LogP contribution < -0.4 is 0 Å². The van der Waals surface area contributed by atoms with E-state index >= 15 is 0 Å². The van der Waals surface area contributed by atoms with Crippen LogP contribution in [-0.4, -0.2) is 36.6 Å². The molecule has 7 heteroatoms. The Hall–Kier alpha value is -0.760. The number of carbonyl (C=O) groups excluding carboxylic acids is 1. The molecule has 9 atom stereocenters. The first-order valence-electron chi connectivity index (χ1n) is 13.4. The van der Waals surface area contributed by atoms with Crippen molar-refractivity contribution in [2.24, 2.45) is 46.3 Å². The third kappa shape index (κ3) is 4.91. The third-order valence-electron chi connectivity index (χ3n) is 10.5. The Kier molecular flexibility index (Phi) is 7.43. The Morgan fingerprint density at radius 1 is 1.06 bits per heavy atom. The van der Waals surface area contributed by atoms with Gasteiger partial charge in [0.25, 0.3) is 0 Å². The second-order valence-electron chi connectivity index (χ2n) is 12.6. The van der Waals surface area contributed by atoms with Crippen LogP contribution >= 0.6 is 0 Å². The summed E-state index contributed by atoms with van der Waals surface area (Å²) in [4.78, 5) is 13.2. The molecule has 194 valence electrons. The standard InChI is InChI=1S/C27H44O6S/c1-17(16-33-34(30,31)32)6-5-7-18(2)21-8-9-22-20-15-25(29)24-14-19(28)10-12-27(24,4)23(20)11-13-26(21,22)3/h15,17-19,21-24,28H,5-14,16H2,1-4H3,(H,30,31,32)/p-1/t17?,18-,19-,21-,22+,23+,24-,26-,27-/m1/s1. The van der Waals surface area contributed by atoms with E-state index in [1.165, 1.54) is 18.4 Å². The molecule has 0 amide bonds. The molecule has 0 bridgehead atoms. The lowest BCUT2D eigenvalue weighted by molar-refractivity contribution is -0.132. The van der Waals surface area contributed by atoms with Gasteiger partial charge >= 0.3 is 0 Å². The van der Waals surface area contributed by atoms with Gasteiger partial charge in [-0.15, -0.1) is 0 Å². The van der Waals surface area contributed by atoms with Gasteiger partial charge in [0, 0.05) is 5.92 Å². The number of rotatable bonds is 8. The van der Waals surface area contributed by atoms with Gasteiger partial charge in [0.2, 0.25) is 10.4 Å². The van der Waals surface area contributed by atoms with Gasteiger partial charge in [-0.3, -0.25) is 8.98 Å². The van der Waals surface area contributed by atoms with E-state index < -0.39 is 10.4 Å². The van der Waals surface area contributed by atoms with Crippen molar-refractivity contribution in [2.45, 2.75) is 98.0 Å². The van der Waals surface area contributed by atoms with Crippen LogP contribution in [0, 0.1) is 46.3 Å². The van der Waals surface area contributed by atoms with E-state index in [-0.39, 0.29) is 41.2 Å². The summed E-state index contributed by atoms with van der Waals surface area (Å²) in [5, 5.41) is 10.2. The molecule has 4 aliphatic rings. The first-order chi connectivity index (χ1) is 15.8. The maximum Gasteiger partial charge on any atom is 0.217 e. The third-order valence-corrected chi connectivity index (χ3v) is 10.9. The van der Waals surface area contributed by atoms with E-state index in [0.717, 1.165) is 44.9 Å². The van der Waals surface area contributed by atoms with Gasteiger partial charge in [0.15, 0.2) is 5.78 Å². The second kappa shape index (κ2) is 9.60. The molecule has 1 N–H and O–H groups in total. The van der Waals surface area contributed by atoms with Gasteiger partial charge in [-0.25, -0.2) is 8.42 Å². The summed E-state index contributed by atoms with van der Waals surface area (Å²) in [5.41, 5.74) is 1.65. The zero-order valence-electron chi connectivity index (χ0n) is 21.3. The van der Waals surface area contributed by atoms with Crippen LogP contribution in [-0.2, 0) is 19.4 Å². The van der Waals surface area contributed by atoms with E-state index in [9.17, 15) is 22.9 Å². The van der Waals surface area contributed by atoms with Gasteiger partial charge in [0.1, 0.15) is 0 Å². The number of hydrogen-bond acceptors (Lipinski definition) is 6. The van der Waals surface area contributed by atoms with Crippen molar-refractivity contribution in [3.63, 3.8) is 0 Å². The maximum atomic E-state index is 13.2. The highest BCUT2D eigenvalue weighted by Gasteiger charge is 2.59. The second-order valence-corrected chi connectivity index (χ2v) is 13.6. The molecule has 0 aromatic heterocycles. The summed E-state index contributed by atoms with van der Waals surface area (Å²) in [6, 6.07) is 0. The van der Waals surface area contributed by atoms with E-state index in [4.69, 9.17) is 0 Å². The highest BCUT2D eigenvalue weighted by molar-refractivity contribution is 7.80. The number of carbonyl (C=O) groups is 1. The molecule has 6 nitrogen and oxygen atoms in total. The molecule has 4 aliphatic carbocycles. The first-order valence-corrected chi connectivity index (χ1v) is 14.7. The molecule has 0 aliphatic heterocycles. The summed E-state index contributed by atoms with van der Waals surface area (Å²) in [6.07, 6.45) is 11.7. The predicted octanol–water partition coefficient (Wildman–Crippen LogP) is 5.02. The molecule has 0 aromatic rings. The van der Waals surface area contributed by atoms with Gasteiger partial charge < -0.3 is 9.66 Å². The summed E-state index contributed by atoms with van der Waals surface area (Å²) in [5.74, 6) is 2.43. The van der Waals surface area contributed by atoms with Crippen molar-refractivity contribution >= 4 is 16.2 Å². The molecule has 3 saturated carbocycles. The van der Waals surface area contributed by atoms with E-state index in [2.05, 4.69) is 25.0 Å². The predicted molar refractivity (Wildman–Crippen MR) is 129 cm³/mol. The number of allylic oxidation sites excluding steroid dienone is 2. The monoisotopic (exact) mass is 495 g/mol. The van der Waals surface area contributed by atoms with Gasteiger partial charge in [0.05, 0.1) is 12.7 Å². The molecule has 4 rings (SSSR count). The van der Waals surface area contributed by atoms with Crippen molar-refractivity contribution < 1.29 is 27.1 Å². The molecule has 0 saturated heterocycles. The van der Waals surface area contributed by atoms with Crippen molar-refractivity contribution in [3.8, 4) is 0 Å². The normalized spacial score (nSPS) is 41.8. The average Bonchev–Trinajstić information content (AvgIpc) is 3.10. The van der Waals surface area contributed by atoms with Crippen molar-refractivity contribution in [1.29, 1.82) is 0 Å². The van der Waals surface area contributed by atoms with Crippen LogP contribution in [0.4, 0.5) is 0 Å². The molecule has 1 unspecified atom stereocenters. The quantitative estimate of drug-likeness (QED) is 0.374. The fraction of sp³-hybridized carbons (Fsp3) is 0.889. The van der Waals surface area contributed by atoms with E-state index in [0.29, 0.717) is 30.1 Å². The van der Waals surface area contributed by atoms with Crippen LogP contribution in [0.25, 0.3) is 0 Å². The number of aliphatic hydroxyl groups excluding tert-OH is 1. The van der Waals surface area contributed by atoms with Gasteiger partial charge in [-0.1, -0.05) is 46.1 Å². The smallest absolute Gasteiger partial charge is 0.217 e. The average molecular weight is 496 g/mol. The Bertz CT molecular complexity index is 912.